The predicted octanol–water partition coefficient (Wildman–Crippen LogP) is 2.32. The zero-order valence-electron chi connectivity index (χ0n) is 11.0. The lowest BCUT2D eigenvalue weighted by molar-refractivity contribution is 0.181. The van der Waals surface area contributed by atoms with Crippen molar-refractivity contribution in [3.8, 4) is 11.4 Å². The lowest BCUT2D eigenvalue weighted by atomic mass is 10.1. The van der Waals surface area contributed by atoms with E-state index in [2.05, 4.69) is 15.4 Å². The number of nitrogen functional groups attached to an aromatic ring is 1. The molecule has 0 saturated heterocycles. The number of fused-ring (bicyclic) bond motifs is 1. The van der Waals surface area contributed by atoms with Crippen LogP contribution in [0.4, 0.5) is 5.82 Å². The zero-order chi connectivity index (χ0) is 13.9. The summed E-state index contributed by atoms with van der Waals surface area (Å²) < 4.78 is 10.6. The predicted molar refractivity (Wildman–Crippen MR) is 75.8 cm³/mol. The summed E-state index contributed by atoms with van der Waals surface area (Å²) in [5.41, 5.74) is 4.91. The van der Waals surface area contributed by atoms with Gasteiger partial charge in [-0.2, -0.15) is 0 Å². The molecule has 0 spiro atoms. The van der Waals surface area contributed by atoms with E-state index in [0.717, 1.165) is 22.2 Å². The van der Waals surface area contributed by atoms with Crippen LogP contribution in [-0.4, -0.2) is 17.1 Å². The number of ether oxygens (including phenoxy) is 1. The third-order valence-corrected chi connectivity index (χ3v) is 2.94. The highest BCUT2D eigenvalue weighted by atomic mass is 16.5. The molecule has 0 amide bonds. The molecule has 0 fully saturated rings. The first kappa shape index (κ1) is 12.6. The molecule has 6 nitrogen and oxygen atoms in total. The van der Waals surface area contributed by atoms with Crippen LogP contribution in [0.15, 0.2) is 41.0 Å². The van der Waals surface area contributed by atoms with Crippen LogP contribution in [0.2, 0.25) is 0 Å². The Bertz CT molecular complexity index is 739. The molecule has 3 rings (SSSR count). The molecule has 0 aliphatic heterocycles. The highest BCUT2D eigenvalue weighted by molar-refractivity contribution is 5.92. The SMILES string of the molecule is COCc1cc(NN)nc(-c2coc3ccccc23)n1. The lowest BCUT2D eigenvalue weighted by Crippen LogP contribution is -2.10. The fraction of sp³-hybridized carbons (Fsp3) is 0.143. The van der Waals surface area contributed by atoms with Gasteiger partial charge in [-0.1, -0.05) is 18.2 Å². The maximum Gasteiger partial charge on any atom is 0.165 e. The summed E-state index contributed by atoms with van der Waals surface area (Å²) in [5.74, 6) is 6.53. The van der Waals surface area contributed by atoms with Crippen molar-refractivity contribution < 1.29 is 9.15 Å². The summed E-state index contributed by atoms with van der Waals surface area (Å²) in [5, 5.41) is 0.963. The second-order valence-corrected chi connectivity index (χ2v) is 4.29. The van der Waals surface area contributed by atoms with Crippen LogP contribution in [0.25, 0.3) is 22.4 Å². The van der Waals surface area contributed by atoms with E-state index in [4.69, 9.17) is 15.0 Å². The number of benzene rings is 1. The van der Waals surface area contributed by atoms with E-state index in [-0.39, 0.29) is 0 Å². The van der Waals surface area contributed by atoms with Gasteiger partial charge in [0, 0.05) is 18.6 Å². The van der Waals surface area contributed by atoms with Gasteiger partial charge in [-0.05, 0) is 6.07 Å². The van der Waals surface area contributed by atoms with Crippen LogP contribution in [0.5, 0.6) is 0 Å². The summed E-state index contributed by atoms with van der Waals surface area (Å²) >= 11 is 0. The molecule has 2 heterocycles. The Morgan fingerprint density at radius 2 is 2.15 bits per heavy atom. The first-order valence-corrected chi connectivity index (χ1v) is 6.12. The molecule has 3 aromatic rings. The minimum Gasteiger partial charge on any atom is -0.464 e. The number of rotatable bonds is 4. The molecule has 0 saturated carbocycles. The van der Waals surface area contributed by atoms with Gasteiger partial charge in [0.05, 0.1) is 17.9 Å². The minimum absolute atomic E-state index is 0.389. The number of anilines is 1. The van der Waals surface area contributed by atoms with Crippen LogP contribution in [0.3, 0.4) is 0 Å². The van der Waals surface area contributed by atoms with Crippen LogP contribution < -0.4 is 11.3 Å². The molecule has 0 aliphatic carbocycles. The van der Waals surface area contributed by atoms with Gasteiger partial charge in [-0.15, -0.1) is 0 Å². The summed E-state index contributed by atoms with van der Waals surface area (Å²) in [6.45, 7) is 0.389. The topological polar surface area (TPSA) is 86.2 Å². The largest absolute Gasteiger partial charge is 0.464 e. The second kappa shape index (κ2) is 5.28. The summed E-state index contributed by atoms with van der Waals surface area (Å²) in [6, 6.07) is 9.48. The molecule has 3 N–H and O–H groups in total. The molecule has 0 atom stereocenters. The Kier molecular flexibility index (Phi) is 3.32. The van der Waals surface area contributed by atoms with E-state index in [1.807, 2.05) is 24.3 Å². The number of furan rings is 1. The van der Waals surface area contributed by atoms with Crippen molar-refractivity contribution in [2.24, 2.45) is 5.84 Å². The Morgan fingerprint density at radius 1 is 1.30 bits per heavy atom. The lowest BCUT2D eigenvalue weighted by Gasteiger charge is -2.06. The molecule has 0 radical (unpaired) electrons. The fourth-order valence-corrected chi connectivity index (χ4v) is 2.06. The zero-order valence-corrected chi connectivity index (χ0v) is 11.0. The van der Waals surface area contributed by atoms with Crippen molar-refractivity contribution in [1.29, 1.82) is 0 Å². The van der Waals surface area contributed by atoms with E-state index in [1.165, 1.54) is 0 Å². The summed E-state index contributed by atoms with van der Waals surface area (Å²) in [4.78, 5) is 8.84. The number of methoxy groups -OCH3 is 1. The Hall–Kier alpha value is -2.44. The van der Waals surface area contributed by atoms with Crippen molar-refractivity contribution in [1.82, 2.24) is 9.97 Å². The highest BCUT2D eigenvalue weighted by Crippen LogP contribution is 2.28. The molecule has 2 aromatic heterocycles. The van der Waals surface area contributed by atoms with Crippen molar-refractivity contribution in [3.63, 3.8) is 0 Å². The first-order valence-electron chi connectivity index (χ1n) is 6.12. The minimum atomic E-state index is 0.389. The Labute approximate surface area is 115 Å². The van der Waals surface area contributed by atoms with E-state index < -0.39 is 0 Å². The Morgan fingerprint density at radius 3 is 2.95 bits per heavy atom. The van der Waals surface area contributed by atoms with Gasteiger partial charge in [0.25, 0.3) is 0 Å². The van der Waals surface area contributed by atoms with Crippen molar-refractivity contribution in [2.45, 2.75) is 6.61 Å². The van der Waals surface area contributed by atoms with Gasteiger partial charge >= 0.3 is 0 Å². The van der Waals surface area contributed by atoms with Crippen LogP contribution in [0.1, 0.15) is 5.69 Å². The average molecular weight is 270 g/mol. The molecular formula is C14H14N4O2. The maximum absolute atomic E-state index is 5.51. The summed E-state index contributed by atoms with van der Waals surface area (Å²) in [6.07, 6.45) is 1.65. The molecule has 1 aromatic carbocycles. The van der Waals surface area contributed by atoms with Crippen LogP contribution >= 0.6 is 0 Å². The second-order valence-electron chi connectivity index (χ2n) is 4.29. The van der Waals surface area contributed by atoms with Gasteiger partial charge in [-0.25, -0.2) is 15.8 Å². The molecule has 102 valence electrons. The van der Waals surface area contributed by atoms with E-state index >= 15 is 0 Å². The first-order chi connectivity index (χ1) is 9.81. The highest BCUT2D eigenvalue weighted by Gasteiger charge is 2.12. The molecule has 0 aliphatic rings. The van der Waals surface area contributed by atoms with Crippen molar-refractivity contribution in [2.75, 3.05) is 12.5 Å². The third-order valence-electron chi connectivity index (χ3n) is 2.94. The quantitative estimate of drug-likeness (QED) is 0.559. The number of nitrogens with two attached hydrogens (primary N) is 1. The number of hydrogen-bond acceptors (Lipinski definition) is 6. The molecule has 20 heavy (non-hydrogen) atoms. The molecular weight excluding hydrogens is 256 g/mol. The number of hydrazine groups is 1. The van der Waals surface area contributed by atoms with Crippen LogP contribution in [-0.2, 0) is 11.3 Å². The van der Waals surface area contributed by atoms with Gasteiger partial charge < -0.3 is 14.6 Å². The van der Waals surface area contributed by atoms with Crippen molar-refractivity contribution >= 4 is 16.8 Å². The molecule has 0 bridgehead atoms. The van der Waals surface area contributed by atoms with Gasteiger partial charge in [0.15, 0.2) is 5.82 Å². The van der Waals surface area contributed by atoms with E-state index in [0.29, 0.717) is 18.2 Å². The van der Waals surface area contributed by atoms with Gasteiger partial charge in [-0.3, -0.25) is 0 Å². The summed E-state index contributed by atoms with van der Waals surface area (Å²) in [7, 11) is 1.62. The monoisotopic (exact) mass is 270 g/mol. The smallest absolute Gasteiger partial charge is 0.165 e. The fourth-order valence-electron chi connectivity index (χ4n) is 2.06. The maximum atomic E-state index is 5.51. The number of aromatic nitrogens is 2. The number of nitrogens with zero attached hydrogens (tertiary/aromatic N) is 2. The molecule has 0 unspecified atom stereocenters. The normalized spacial score (nSPS) is 10.9. The number of hydrogen-bond donors (Lipinski definition) is 2. The molecule has 6 heteroatoms. The van der Waals surface area contributed by atoms with Crippen LogP contribution in [0, 0.1) is 0 Å². The van der Waals surface area contributed by atoms with Gasteiger partial charge in [0.1, 0.15) is 17.7 Å². The van der Waals surface area contributed by atoms with Gasteiger partial charge in [0.2, 0.25) is 0 Å². The van der Waals surface area contributed by atoms with E-state index in [9.17, 15) is 0 Å². The average Bonchev–Trinajstić information content (AvgIpc) is 2.91. The number of nitrogens with one attached hydrogen (secondary N) is 1. The van der Waals surface area contributed by atoms with Crippen molar-refractivity contribution in [3.05, 3.63) is 42.3 Å². The standard InChI is InChI=1S/C14H14N4O2/c1-19-7-9-6-13(18-15)17-14(16-9)11-8-20-12-5-3-2-4-10(11)12/h2-6,8H,7,15H2,1H3,(H,16,17,18). The Balaban J connectivity index is 2.15. The van der Waals surface area contributed by atoms with E-state index in [1.54, 1.807) is 19.4 Å². The number of para-hydroxylation sites is 1. The third kappa shape index (κ3) is 2.22.